The van der Waals surface area contributed by atoms with Crippen LogP contribution in [0.3, 0.4) is 0 Å². The zero-order chi connectivity index (χ0) is 15.5. The first kappa shape index (κ1) is 14.5. The summed E-state index contributed by atoms with van der Waals surface area (Å²) in [5.41, 5.74) is 0.909. The number of fused-ring (bicyclic) bond motifs is 1. The first-order valence-corrected chi connectivity index (χ1v) is 7.15. The van der Waals surface area contributed by atoms with Gasteiger partial charge in [-0.1, -0.05) is 18.2 Å². The Kier molecular flexibility index (Phi) is 4.06. The molecule has 1 aromatic carbocycles. The zero-order valence-corrected chi connectivity index (χ0v) is 12.0. The van der Waals surface area contributed by atoms with E-state index in [1.807, 2.05) is 24.3 Å². The molecule has 1 N–H and O–H groups in total. The van der Waals surface area contributed by atoms with Crippen molar-refractivity contribution in [1.29, 1.82) is 0 Å². The number of amides is 1. The molecule has 1 amide bonds. The number of hydrogen-bond donors (Lipinski definition) is 1. The van der Waals surface area contributed by atoms with Gasteiger partial charge in [-0.2, -0.15) is 5.10 Å². The topological polar surface area (TPSA) is 84.7 Å². The third-order valence-electron chi connectivity index (χ3n) is 3.73. The number of ether oxygens (including phenoxy) is 1. The van der Waals surface area contributed by atoms with Crippen LogP contribution in [0.2, 0.25) is 0 Å². The highest BCUT2D eigenvalue weighted by atomic mass is 16.5. The normalized spacial score (nSPS) is 18.5. The summed E-state index contributed by atoms with van der Waals surface area (Å²) in [6.07, 6.45) is 1.20. The smallest absolute Gasteiger partial charge is 0.306 e. The largest absolute Gasteiger partial charge is 0.481 e. The van der Waals surface area contributed by atoms with Crippen LogP contribution in [0.25, 0.3) is 10.9 Å². The van der Waals surface area contributed by atoms with E-state index in [1.165, 1.54) is 0 Å². The van der Waals surface area contributed by atoms with Crippen LogP contribution in [-0.2, 0) is 20.9 Å². The van der Waals surface area contributed by atoms with Crippen molar-refractivity contribution < 1.29 is 19.4 Å². The Labute approximate surface area is 127 Å². The molecule has 0 aliphatic carbocycles. The molecule has 1 aromatic heterocycles. The summed E-state index contributed by atoms with van der Waals surface area (Å²) >= 11 is 0. The van der Waals surface area contributed by atoms with Crippen LogP contribution in [0.5, 0.6) is 0 Å². The van der Waals surface area contributed by atoms with Gasteiger partial charge in [0.2, 0.25) is 5.91 Å². The number of benzene rings is 1. The van der Waals surface area contributed by atoms with Gasteiger partial charge < -0.3 is 14.7 Å². The van der Waals surface area contributed by atoms with Crippen LogP contribution in [0, 0.1) is 0 Å². The van der Waals surface area contributed by atoms with Gasteiger partial charge in [0.25, 0.3) is 0 Å². The van der Waals surface area contributed by atoms with E-state index in [1.54, 1.807) is 15.8 Å². The van der Waals surface area contributed by atoms with Crippen LogP contribution in [0.15, 0.2) is 30.5 Å². The number of carbonyl (C=O) groups is 2. The molecule has 22 heavy (non-hydrogen) atoms. The van der Waals surface area contributed by atoms with Gasteiger partial charge in [0, 0.05) is 18.5 Å². The summed E-state index contributed by atoms with van der Waals surface area (Å²) in [6, 6.07) is 7.69. The highest BCUT2D eigenvalue weighted by Crippen LogP contribution is 2.14. The molecule has 0 unspecified atom stereocenters. The van der Waals surface area contributed by atoms with Crippen molar-refractivity contribution in [3.63, 3.8) is 0 Å². The van der Waals surface area contributed by atoms with E-state index in [0.29, 0.717) is 19.7 Å². The molecule has 1 saturated heterocycles. The predicted molar refractivity (Wildman–Crippen MR) is 78.3 cm³/mol. The van der Waals surface area contributed by atoms with Crippen molar-refractivity contribution in [3.8, 4) is 0 Å². The highest BCUT2D eigenvalue weighted by molar-refractivity contribution is 5.82. The molecule has 2 aromatic rings. The molecule has 3 rings (SSSR count). The zero-order valence-electron chi connectivity index (χ0n) is 12.0. The maximum atomic E-state index is 12.4. The Hall–Kier alpha value is -2.41. The van der Waals surface area contributed by atoms with Gasteiger partial charge in [-0.3, -0.25) is 14.3 Å². The van der Waals surface area contributed by atoms with Gasteiger partial charge in [-0.15, -0.1) is 0 Å². The molecule has 1 fully saturated rings. The fourth-order valence-electron chi connectivity index (χ4n) is 2.64. The second-order valence-corrected chi connectivity index (χ2v) is 5.29. The molecule has 1 aliphatic heterocycles. The quantitative estimate of drug-likeness (QED) is 0.900. The number of hydrogen-bond acceptors (Lipinski definition) is 4. The number of aliphatic carboxylic acids is 1. The van der Waals surface area contributed by atoms with E-state index in [9.17, 15) is 9.59 Å². The van der Waals surface area contributed by atoms with E-state index in [2.05, 4.69) is 5.10 Å². The highest BCUT2D eigenvalue weighted by Gasteiger charge is 2.26. The average molecular weight is 303 g/mol. The molecule has 1 atom stereocenters. The van der Waals surface area contributed by atoms with Crippen LogP contribution in [-0.4, -0.2) is 57.5 Å². The number of carboxylic acids is 1. The van der Waals surface area contributed by atoms with Crippen molar-refractivity contribution in [1.82, 2.24) is 14.7 Å². The predicted octanol–water partition coefficient (Wildman–Crippen LogP) is 0.738. The second kappa shape index (κ2) is 6.15. The maximum absolute atomic E-state index is 12.4. The lowest BCUT2D eigenvalue weighted by Gasteiger charge is -2.32. The van der Waals surface area contributed by atoms with Crippen LogP contribution >= 0.6 is 0 Å². The fraction of sp³-hybridized carbons (Fsp3) is 0.400. The first-order chi connectivity index (χ1) is 10.6. The summed E-state index contributed by atoms with van der Waals surface area (Å²) in [6.45, 7) is 1.30. The van der Waals surface area contributed by atoms with Crippen molar-refractivity contribution in [3.05, 3.63) is 30.5 Å². The van der Waals surface area contributed by atoms with Gasteiger partial charge >= 0.3 is 5.97 Å². The number of rotatable bonds is 4. The van der Waals surface area contributed by atoms with E-state index >= 15 is 0 Å². The molecular formula is C15H17N3O4. The number of nitrogens with zero attached hydrogens (tertiary/aromatic N) is 3. The Balaban J connectivity index is 1.67. The third kappa shape index (κ3) is 3.09. The summed E-state index contributed by atoms with van der Waals surface area (Å²) in [5.74, 6) is -0.995. The number of para-hydroxylation sites is 1. The van der Waals surface area contributed by atoms with Gasteiger partial charge in [0.05, 0.1) is 30.8 Å². The Morgan fingerprint density at radius 1 is 1.36 bits per heavy atom. The lowest BCUT2D eigenvalue weighted by atomic mass is 10.2. The van der Waals surface area contributed by atoms with Crippen LogP contribution in [0.1, 0.15) is 6.42 Å². The first-order valence-electron chi connectivity index (χ1n) is 7.15. The number of carbonyl (C=O) groups excluding carboxylic acids is 1. The van der Waals surface area contributed by atoms with E-state index < -0.39 is 12.1 Å². The summed E-state index contributed by atoms with van der Waals surface area (Å²) in [5, 5.41) is 14.0. The standard InChI is InChI=1S/C15H17N3O4/c19-14(17-5-6-22-12(9-17)7-15(20)21)10-18-13-4-2-1-3-11(13)8-16-18/h1-4,8,12H,5-7,9-10H2,(H,20,21)/t12-/m0/s1. The van der Waals surface area contributed by atoms with Crippen molar-refractivity contribution in [2.45, 2.75) is 19.1 Å². The van der Waals surface area contributed by atoms with Crippen molar-refractivity contribution in [2.75, 3.05) is 19.7 Å². The van der Waals surface area contributed by atoms with Crippen molar-refractivity contribution >= 4 is 22.8 Å². The van der Waals surface area contributed by atoms with Gasteiger partial charge in [0.1, 0.15) is 6.54 Å². The Morgan fingerprint density at radius 3 is 3.00 bits per heavy atom. The van der Waals surface area contributed by atoms with E-state index in [-0.39, 0.29) is 18.9 Å². The summed E-state index contributed by atoms with van der Waals surface area (Å²) < 4.78 is 7.04. The summed E-state index contributed by atoms with van der Waals surface area (Å²) in [4.78, 5) is 24.8. The lowest BCUT2D eigenvalue weighted by Crippen LogP contribution is -2.47. The molecule has 116 valence electrons. The monoisotopic (exact) mass is 303 g/mol. The van der Waals surface area contributed by atoms with E-state index in [0.717, 1.165) is 10.9 Å². The number of morpholine rings is 1. The van der Waals surface area contributed by atoms with Crippen LogP contribution in [0.4, 0.5) is 0 Å². The molecule has 0 saturated carbocycles. The SMILES string of the molecule is O=C(O)C[C@H]1CN(C(=O)Cn2ncc3ccccc32)CCO1. The number of aromatic nitrogens is 2. The molecule has 0 spiro atoms. The molecular weight excluding hydrogens is 286 g/mol. The number of carboxylic acid groups (broad SMARTS) is 1. The van der Waals surface area contributed by atoms with E-state index in [4.69, 9.17) is 9.84 Å². The fourth-order valence-corrected chi connectivity index (χ4v) is 2.64. The molecule has 1 aliphatic rings. The lowest BCUT2D eigenvalue weighted by molar-refractivity contribution is -0.148. The minimum atomic E-state index is -0.919. The molecule has 0 radical (unpaired) electrons. The summed E-state index contributed by atoms with van der Waals surface area (Å²) in [7, 11) is 0. The maximum Gasteiger partial charge on any atom is 0.306 e. The molecule has 7 nitrogen and oxygen atoms in total. The van der Waals surface area contributed by atoms with Gasteiger partial charge in [-0.25, -0.2) is 0 Å². The molecule has 7 heteroatoms. The third-order valence-corrected chi connectivity index (χ3v) is 3.73. The Bertz CT molecular complexity index is 697. The van der Waals surface area contributed by atoms with Gasteiger partial charge in [-0.05, 0) is 6.07 Å². The van der Waals surface area contributed by atoms with Gasteiger partial charge in [0.15, 0.2) is 0 Å². The molecule has 0 bridgehead atoms. The minimum absolute atomic E-state index is 0.0764. The average Bonchev–Trinajstić information content (AvgIpc) is 2.90. The second-order valence-electron chi connectivity index (χ2n) is 5.29. The van der Waals surface area contributed by atoms with Crippen molar-refractivity contribution in [2.24, 2.45) is 0 Å². The Morgan fingerprint density at radius 2 is 2.18 bits per heavy atom. The van der Waals surface area contributed by atoms with Crippen LogP contribution < -0.4 is 0 Å². The molecule has 2 heterocycles. The minimum Gasteiger partial charge on any atom is -0.481 e.